The van der Waals surface area contributed by atoms with Crippen LogP contribution < -0.4 is 14.8 Å². The minimum absolute atomic E-state index is 0.00545. The first-order valence-electron chi connectivity index (χ1n) is 8.20. The highest BCUT2D eigenvalue weighted by Crippen LogP contribution is 2.30. The number of hydrogen-bond donors (Lipinski definition) is 1. The lowest BCUT2D eigenvalue weighted by atomic mass is 10.1. The summed E-state index contributed by atoms with van der Waals surface area (Å²) < 4.78 is 34.7. The Morgan fingerprint density at radius 3 is 2.38 bits per heavy atom. The molecule has 26 heavy (non-hydrogen) atoms. The van der Waals surface area contributed by atoms with Gasteiger partial charge in [0.05, 0.1) is 31.3 Å². The van der Waals surface area contributed by atoms with E-state index in [9.17, 15) is 13.2 Å². The van der Waals surface area contributed by atoms with Crippen LogP contribution in [-0.4, -0.2) is 40.8 Å². The highest BCUT2D eigenvalue weighted by molar-refractivity contribution is 7.90. The number of sulfone groups is 1. The summed E-state index contributed by atoms with van der Waals surface area (Å²) in [7, 11) is -0.256. The van der Waals surface area contributed by atoms with Gasteiger partial charge in [0.15, 0.2) is 21.3 Å². The minimum atomic E-state index is -3.22. The number of carbonyl (C=O) groups excluding carboxylic acids is 1. The first-order chi connectivity index (χ1) is 12.5. The first-order valence-corrected chi connectivity index (χ1v) is 10.0. The van der Waals surface area contributed by atoms with Crippen LogP contribution in [0.1, 0.15) is 22.3 Å². The summed E-state index contributed by atoms with van der Waals surface area (Å²) >= 11 is 0. The number of carbonyl (C=O) groups is 1. The number of nitrogens with one attached hydrogen (secondary N) is 1. The zero-order valence-corrected chi connectivity index (χ0v) is 15.7. The van der Waals surface area contributed by atoms with Crippen LogP contribution in [0, 0.1) is 0 Å². The van der Waals surface area contributed by atoms with Crippen LogP contribution in [0.3, 0.4) is 0 Å². The zero-order chi connectivity index (χ0) is 19.0. The maximum Gasteiger partial charge on any atom is 0.255 e. The van der Waals surface area contributed by atoms with Gasteiger partial charge in [-0.15, -0.1) is 0 Å². The molecule has 0 aromatic heterocycles. The van der Waals surface area contributed by atoms with E-state index >= 15 is 0 Å². The van der Waals surface area contributed by atoms with Crippen molar-refractivity contribution in [1.82, 2.24) is 5.32 Å². The molecule has 2 aromatic rings. The third-order valence-electron chi connectivity index (χ3n) is 3.79. The Kier molecular flexibility index (Phi) is 7.03. The molecule has 0 aliphatic carbocycles. The van der Waals surface area contributed by atoms with Crippen LogP contribution in [0.2, 0.25) is 0 Å². The summed E-state index contributed by atoms with van der Waals surface area (Å²) in [5, 5.41) is 2.72. The molecule has 0 aliphatic heterocycles. The van der Waals surface area contributed by atoms with E-state index in [4.69, 9.17) is 9.47 Å². The molecule has 0 bridgehead atoms. The smallest absolute Gasteiger partial charge is 0.255 e. The fourth-order valence-corrected chi connectivity index (χ4v) is 3.98. The van der Waals surface area contributed by atoms with E-state index in [0.717, 1.165) is 5.56 Å². The van der Waals surface area contributed by atoms with Crippen LogP contribution in [0.15, 0.2) is 48.5 Å². The van der Waals surface area contributed by atoms with Gasteiger partial charge in [-0.2, -0.15) is 0 Å². The van der Waals surface area contributed by atoms with Gasteiger partial charge in [-0.1, -0.05) is 36.4 Å². The van der Waals surface area contributed by atoms with Crippen LogP contribution >= 0.6 is 0 Å². The van der Waals surface area contributed by atoms with E-state index in [1.165, 1.54) is 14.2 Å². The van der Waals surface area contributed by atoms with Gasteiger partial charge in [0.2, 0.25) is 0 Å². The average molecular weight is 377 g/mol. The molecule has 0 aliphatic rings. The lowest BCUT2D eigenvalue weighted by molar-refractivity contribution is 0.0950. The van der Waals surface area contributed by atoms with Crippen molar-refractivity contribution in [2.75, 3.05) is 26.5 Å². The Labute approximate surface area is 154 Å². The molecule has 2 rings (SSSR count). The second-order valence-electron chi connectivity index (χ2n) is 5.73. The number of rotatable bonds is 9. The van der Waals surface area contributed by atoms with Crippen LogP contribution in [0.4, 0.5) is 0 Å². The fourth-order valence-electron chi connectivity index (χ4n) is 2.56. The van der Waals surface area contributed by atoms with Gasteiger partial charge >= 0.3 is 0 Å². The summed E-state index contributed by atoms with van der Waals surface area (Å²) in [5.74, 6) is 0.499. The SMILES string of the molecule is COc1cccc(C(=O)NCCCS(=O)(=O)Cc2ccccc2)c1OC. The lowest BCUT2D eigenvalue weighted by Gasteiger charge is -2.12. The monoisotopic (exact) mass is 377 g/mol. The maximum atomic E-state index is 12.3. The van der Waals surface area contributed by atoms with E-state index in [2.05, 4.69) is 5.32 Å². The molecule has 0 heterocycles. The molecule has 1 N–H and O–H groups in total. The van der Waals surface area contributed by atoms with E-state index < -0.39 is 9.84 Å². The second kappa shape index (κ2) is 9.24. The van der Waals surface area contributed by atoms with Gasteiger partial charge in [0.1, 0.15) is 0 Å². The Bertz CT molecular complexity index is 834. The van der Waals surface area contributed by atoms with Crippen LogP contribution in [0.25, 0.3) is 0 Å². The molecule has 0 fully saturated rings. The molecule has 7 heteroatoms. The second-order valence-corrected chi connectivity index (χ2v) is 7.91. The summed E-state index contributed by atoms with van der Waals surface area (Å²) in [6, 6.07) is 14.1. The number of amides is 1. The number of benzene rings is 2. The van der Waals surface area contributed by atoms with E-state index in [1.54, 1.807) is 30.3 Å². The predicted molar refractivity (Wildman–Crippen MR) is 100 cm³/mol. The third-order valence-corrected chi connectivity index (χ3v) is 5.48. The van der Waals surface area contributed by atoms with Gasteiger partial charge in [0.25, 0.3) is 5.91 Å². The van der Waals surface area contributed by atoms with E-state index in [-0.39, 0.29) is 24.0 Å². The van der Waals surface area contributed by atoms with Crippen molar-refractivity contribution >= 4 is 15.7 Å². The Morgan fingerprint density at radius 2 is 1.73 bits per heavy atom. The molecule has 0 saturated heterocycles. The Hall–Kier alpha value is -2.54. The number of hydrogen-bond acceptors (Lipinski definition) is 5. The van der Waals surface area contributed by atoms with Crippen molar-refractivity contribution in [1.29, 1.82) is 0 Å². The minimum Gasteiger partial charge on any atom is -0.493 e. The molecule has 140 valence electrons. The predicted octanol–water partition coefficient (Wildman–Crippen LogP) is 2.44. The largest absolute Gasteiger partial charge is 0.493 e. The van der Waals surface area contributed by atoms with E-state index in [1.807, 2.05) is 18.2 Å². The van der Waals surface area contributed by atoms with Gasteiger partial charge in [-0.05, 0) is 24.1 Å². The van der Waals surface area contributed by atoms with Crippen molar-refractivity contribution in [2.45, 2.75) is 12.2 Å². The standard InChI is InChI=1S/C19H23NO5S/c1-24-17-11-6-10-16(18(17)25-2)19(21)20-12-7-13-26(22,23)14-15-8-4-3-5-9-15/h3-6,8-11H,7,12-14H2,1-2H3,(H,20,21). The Morgan fingerprint density at radius 1 is 1.00 bits per heavy atom. The summed E-state index contributed by atoms with van der Waals surface area (Å²) in [6.07, 6.45) is 0.340. The molecular weight excluding hydrogens is 354 g/mol. The summed E-state index contributed by atoms with van der Waals surface area (Å²) in [5.41, 5.74) is 1.11. The van der Waals surface area contributed by atoms with Crippen LogP contribution in [0.5, 0.6) is 11.5 Å². The maximum absolute atomic E-state index is 12.3. The first kappa shape index (κ1) is 19.8. The molecule has 0 radical (unpaired) electrons. The molecular formula is C19H23NO5S. The van der Waals surface area contributed by atoms with Crippen molar-refractivity contribution < 1.29 is 22.7 Å². The molecule has 0 unspecified atom stereocenters. The molecule has 6 nitrogen and oxygen atoms in total. The quantitative estimate of drug-likeness (QED) is 0.679. The topological polar surface area (TPSA) is 81.7 Å². The molecule has 2 aromatic carbocycles. The van der Waals surface area contributed by atoms with Crippen molar-refractivity contribution in [3.63, 3.8) is 0 Å². The molecule has 0 saturated carbocycles. The van der Waals surface area contributed by atoms with Crippen molar-refractivity contribution in [2.24, 2.45) is 0 Å². The molecule has 1 amide bonds. The highest BCUT2D eigenvalue weighted by Gasteiger charge is 2.16. The van der Waals surface area contributed by atoms with Crippen molar-refractivity contribution in [3.05, 3.63) is 59.7 Å². The fraction of sp³-hybridized carbons (Fsp3) is 0.316. The summed E-state index contributed by atoms with van der Waals surface area (Å²) in [6.45, 7) is 0.257. The summed E-state index contributed by atoms with van der Waals surface area (Å²) in [4.78, 5) is 12.3. The molecule has 0 atom stereocenters. The van der Waals surface area contributed by atoms with Crippen molar-refractivity contribution in [3.8, 4) is 11.5 Å². The van der Waals surface area contributed by atoms with Gasteiger partial charge in [-0.25, -0.2) is 8.42 Å². The van der Waals surface area contributed by atoms with Gasteiger partial charge in [0, 0.05) is 6.54 Å². The number of methoxy groups -OCH3 is 2. The number of ether oxygens (including phenoxy) is 2. The van der Waals surface area contributed by atoms with E-state index in [0.29, 0.717) is 23.5 Å². The van der Waals surface area contributed by atoms with Crippen LogP contribution in [-0.2, 0) is 15.6 Å². The zero-order valence-electron chi connectivity index (χ0n) is 14.9. The highest BCUT2D eigenvalue weighted by atomic mass is 32.2. The third kappa shape index (κ3) is 5.49. The van der Waals surface area contributed by atoms with Gasteiger partial charge < -0.3 is 14.8 Å². The Balaban J connectivity index is 1.87. The average Bonchev–Trinajstić information content (AvgIpc) is 2.64. The lowest BCUT2D eigenvalue weighted by Crippen LogP contribution is -2.26. The molecule has 0 spiro atoms. The normalized spacial score (nSPS) is 11.0. The number of para-hydroxylation sites is 1. The van der Waals surface area contributed by atoms with Gasteiger partial charge in [-0.3, -0.25) is 4.79 Å².